The van der Waals surface area contributed by atoms with Crippen molar-refractivity contribution in [2.45, 2.75) is 32.1 Å². The van der Waals surface area contributed by atoms with Crippen LogP contribution < -0.4 is 5.32 Å². The van der Waals surface area contributed by atoms with Gasteiger partial charge in [-0.25, -0.2) is 0 Å². The minimum Gasteiger partial charge on any atom is -0.356 e. The van der Waals surface area contributed by atoms with Gasteiger partial charge in [-0.15, -0.1) is 0 Å². The van der Waals surface area contributed by atoms with E-state index < -0.39 is 0 Å². The summed E-state index contributed by atoms with van der Waals surface area (Å²) in [6.07, 6.45) is 6.06. The fraction of sp³-hybridized carbons (Fsp3) is 0.333. The molecule has 1 aromatic heterocycles. The van der Waals surface area contributed by atoms with E-state index in [4.69, 9.17) is 0 Å². The molecule has 3 heteroatoms. The van der Waals surface area contributed by atoms with Crippen LogP contribution in [-0.2, 0) is 11.2 Å². The lowest BCUT2D eigenvalue weighted by Gasteiger charge is -2.11. The number of nitrogens with one attached hydrogen (secondary N) is 1. The summed E-state index contributed by atoms with van der Waals surface area (Å²) < 4.78 is 0. The molecule has 0 aliphatic carbocycles. The van der Waals surface area contributed by atoms with E-state index in [2.05, 4.69) is 29.4 Å². The molecule has 1 amide bonds. The van der Waals surface area contributed by atoms with E-state index in [1.54, 1.807) is 6.20 Å². The molecule has 21 heavy (non-hydrogen) atoms. The van der Waals surface area contributed by atoms with Gasteiger partial charge in [-0.1, -0.05) is 43.3 Å². The van der Waals surface area contributed by atoms with E-state index in [9.17, 15) is 4.79 Å². The number of rotatable bonds is 7. The largest absolute Gasteiger partial charge is 0.356 e. The molecule has 2 aromatic rings. The third-order valence-corrected chi connectivity index (χ3v) is 3.55. The molecule has 0 saturated heterocycles. The summed E-state index contributed by atoms with van der Waals surface area (Å²) in [7, 11) is 0. The molecule has 2 rings (SSSR count). The van der Waals surface area contributed by atoms with Crippen molar-refractivity contribution in [3.05, 3.63) is 66.0 Å². The number of nitrogens with zero attached hydrogens (tertiary/aromatic N) is 1. The van der Waals surface area contributed by atoms with Gasteiger partial charge in [0.2, 0.25) is 5.91 Å². The molecule has 0 aliphatic heterocycles. The van der Waals surface area contributed by atoms with Crippen molar-refractivity contribution < 1.29 is 4.79 Å². The molecule has 1 unspecified atom stereocenters. The number of carbonyl (C=O) groups excluding carboxylic acids is 1. The molecule has 0 aliphatic rings. The summed E-state index contributed by atoms with van der Waals surface area (Å²) in [5.41, 5.74) is 2.42. The molecule has 1 atom stereocenters. The monoisotopic (exact) mass is 282 g/mol. The number of benzene rings is 1. The van der Waals surface area contributed by atoms with Crippen LogP contribution in [0.4, 0.5) is 0 Å². The lowest BCUT2D eigenvalue weighted by Crippen LogP contribution is -2.25. The standard InChI is InChI=1S/C18H22N2O/c1-15(17-10-6-11-19-14-17)13-18(21)20-12-5-9-16-7-3-2-4-8-16/h2-4,6-8,10-11,14-15H,5,9,12-13H2,1H3,(H,20,21). The number of hydrogen-bond donors (Lipinski definition) is 1. The summed E-state index contributed by atoms with van der Waals surface area (Å²) in [5, 5.41) is 2.99. The SMILES string of the molecule is CC(CC(=O)NCCCc1ccccc1)c1cccnc1. The van der Waals surface area contributed by atoms with E-state index in [1.807, 2.05) is 36.5 Å². The molecule has 1 N–H and O–H groups in total. The Bertz CT molecular complexity index is 540. The van der Waals surface area contributed by atoms with Gasteiger partial charge in [0.15, 0.2) is 0 Å². The maximum atomic E-state index is 11.9. The fourth-order valence-corrected chi connectivity index (χ4v) is 2.30. The topological polar surface area (TPSA) is 42.0 Å². The molecular formula is C18H22N2O. The average molecular weight is 282 g/mol. The normalized spacial score (nSPS) is 11.9. The molecule has 0 bridgehead atoms. The smallest absolute Gasteiger partial charge is 0.220 e. The molecule has 1 aromatic carbocycles. The first-order chi connectivity index (χ1) is 10.3. The van der Waals surface area contributed by atoms with Gasteiger partial charge in [0.05, 0.1) is 0 Å². The van der Waals surface area contributed by atoms with Crippen LogP contribution in [0.5, 0.6) is 0 Å². The van der Waals surface area contributed by atoms with E-state index in [0.29, 0.717) is 6.42 Å². The highest BCUT2D eigenvalue weighted by atomic mass is 16.1. The van der Waals surface area contributed by atoms with E-state index in [0.717, 1.165) is 24.9 Å². The number of aryl methyl sites for hydroxylation is 1. The number of pyridine rings is 1. The number of carbonyl (C=O) groups is 1. The van der Waals surface area contributed by atoms with Gasteiger partial charge in [0.1, 0.15) is 0 Å². The molecule has 0 spiro atoms. The van der Waals surface area contributed by atoms with Gasteiger partial charge < -0.3 is 5.32 Å². The second-order valence-corrected chi connectivity index (χ2v) is 5.33. The Morgan fingerprint density at radius 3 is 2.71 bits per heavy atom. The van der Waals surface area contributed by atoms with Gasteiger partial charge in [0.25, 0.3) is 0 Å². The van der Waals surface area contributed by atoms with Crippen LogP contribution in [0.2, 0.25) is 0 Å². The zero-order valence-electron chi connectivity index (χ0n) is 12.5. The molecule has 1 heterocycles. The third kappa shape index (κ3) is 5.38. The summed E-state index contributed by atoms with van der Waals surface area (Å²) in [4.78, 5) is 16.0. The van der Waals surface area contributed by atoms with Gasteiger partial charge in [-0.2, -0.15) is 0 Å². The zero-order chi connectivity index (χ0) is 14.9. The summed E-state index contributed by atoms with van der Waals surface area (Å²) >= 11 is 0. The molecule has 3 nitrogen and oxygen atoms in total. The van der Waals surface area contributed by atoms with Crippen LogP contribution in [0.25, 0.3) is 0 Å². The van der Waals surface area contributed by atoms with E-state index >= 15 is 0 Å². The van der Waals surface area contributed by atoms with Crippen LogP contribution in [0, 0.1) is 0 Å². The highest BCUT2D eigenvalue weighted by molar-refractivity contribution is 5.76. The van der Waals surface area contributed by atoms with E-state index in [1.165, 1.54) is 5.56 Å². The van der Waals surface area contributed by atoms with Crippen LogP contribution in [-0.4, -0.2) is 17.4 Å². The Morgan fingerprint density at radius 2 is 2.00 bits per heavy atom. The van der Waals surface area contributed by atoms with Gasteiger partial charge in [-0.3, -0.25) is 9.78 Å². The van der Waals surface area contributed by atoms with Crippen molar-refractivity contribution >= 4 is 5.91 Å². The second-order valence-electron chi connectivity index (χ2n) is 5.33. The first kappa shape index (κ1) is 15.2. The van der Waals surface area contributed by atoms with Crippen LogP contribution in [0.3, 0.4) is 0 Å². The van der Waals surface area contributed by atoms with Crippen LogP contribution >= 0.6 is 0 Å². The predicted octanol–water partition coefficient (Wildman–Crippen LogP) is 3.32. The second kappa shape index (κ2) is 8.20. The van der Waals surface area contributed by atoms with Crippen molar-refractivity contribution in [1.82, 2.24) is 10.3 Å². The van der Waals surface area contributed by atoms with Crippen molar-refractivity contribution in [1.29, 1.82) is 0 Å². The van der Waals surface area contributed by atoms with Crippen molar-refractivity contribution in [3.63, 3.8) is 0 Å². The van der Waals surface area contributed by atoms with Gasteiger partial charge >= 0.3 is 0 Å². The maximum absolute atomic E-state index is 11.9. The van der Waals surface area contributed by atoms with Gasteiger partial charge in [0, 0.05) is 25.4 Å². The fourth-order valence-electron chi connectivity index (χ4n) is 2.30. The maximum Gasteiger partial charge on any atom is 0.220 e. The first-order valence-electron chi connectivity index (χ1n) is 7.46. The lowest BCUT2D eigenvalue weighted by atomic mass is 9.99. The number of amides is 1. The molecule has 0 fully saturated rings. The van der Waals surface area contributed by atoms with Gasteiger partial charge in [-0.05, 0) is 36.0 Å². The van der Waals surface area contributed by atoms with Crippen molar-refractivity contribution in [2.75, 3.05) is 6.54 Å². The zero-order valence-corrected chi connectivity index (χ0v) is 12.5. The minimum atomic E-state index is 0.111. The Kier molecular flexibility index (Phi) is 5.95. The Hall–Kier alpha value is -2.16. The highest BCUT2D eigenvalue weighted by Crippen LogP contribution is 2.17. The average Bonchev–Trinajstić information content (AvgIpc) is 2.53. The predicted molar refractivity (Wildman–Crippen MR) is 85.0 cm³/mol. The molecule has 110 valence electrons. The summed E-state index contributed by atoms with van der Waals surface area (Å²) in [6, 6.07) is 14.3. The quantitative estimate of drug-likeness (QED) is 0.792. The summed E-state index contributed by atoms with van der Waals surface area (Å²) in [6.45, 7) is 2.79. The highest BCUT2D eigenvalue weighted by Gasteiger charge is 2.10. The minimum absolute atomic E-state index is 0.111. The molecule has 0 radical (unpaired) electrons. The Labute approximate surface area is 126 Å². The van der Waals surface area contributed by atoms with Crippen LogP contribution in [0.15, 0.2) is 54.9 Å². The first-order valence-corrected chi connectivity index (χ1v) is 7.46. The number of hydrogen-bond acceptors (Lipinski definition) is 2. The van der Waals surface area contributed by atoms with Crippen molar-refractivity contribution in [3.8, 4) is 0 Å². The Morgan fingerprint density at radius 1 is 1.19 bits per heavy atom. The third-order valence-electron chi connectivity index (χ3n) is 3.55. The molecule has 0 saturated carbocycles. The lowest BCUT2D eigenvalue weighted by molar-refractivity contribution is -0.121. The Balaban J connectivity index is 1.66. The summed E-state index contributed by atoms with van der Waals surface area (Å²) in [5.74, 6) is 0.312. The van der Waals surface area contributed by atoms with Crippen molar-refractivity contribution in [2.24, 2.45) is 0 Å². The molecular weight excluding hydrogens is 260 g/mol. The number of aromatic nitrogens is 1. The van der Waals surface area contributed by atoms with Crippen LogP contribution in [0.1, 0.15) is 36.8 Å². The van der Waals surface area contributed by atoms with E-state index in [-0.39, 0.29) is 11.8 Å².